The van der Waals surface area contributed by atoms with Gasteiger partial charge in [-0.2, -0.15) is 0 Å². The van der Waals surface area contributed by atoms with Gasteiger partial charge in [-0.25, -0.2) is 0 Å². The van der Waals surface area contributed by atoms with Crippen molar-refractivity contribution < 1.29 is 4.79 Å². The minimum absolute atomic E-state index is 0.188. The number of guanidine groups is 1. The minimum atomic E-state index is -0.188. The lowest BCUT2D eigenvalue weighted by Gasteiger charge is -2.12. The van der Waals surface area contributed by atoms with Crippen LogP contribution in [0.2, 0.25) is 10.0 Å². The first-order valence-electron chi connectivity index (χ1n) is 8.89. The highest BCUT2D eigenvalue weighted by atomic mass is 35.5. The summed E-state index contributed by atoms with van der Waals surface area (Å²) in [5.41, 5.74) is 1.66. The Hall–Kier alpha value is -2.24. The number of halogens is 2. The van der Waals surface area contributed by atoms with E-state index < -0.39 is 0 Å². The molecule has 0 saturated heterocycles. The second kappa shape index (κ2) is 11.5. The monoisotopic (exact) mass is 406 g/mol. The lowest BCUT2D eigenvalue weighted by molar-refractivity contribution is 0.0954. The van der Waals surface area contributed by atoms with Gasteiger partial charge in [0.2, 0.25) is 0 Å². The zero-order valence-electron chi connectivity index (χ0n) is 15.3. The lowest BCUT2D eigenvalue weighted by Crippen LogP contribution is -2.41. The molecule has 0 spiro atoms. The summed E-state index contributed by atoms with van der Waals surface area (Å²) >= 11 is 11.9. The van der Waals surface area contributed by atoms with Crippen molar-refractivity contribution in [2.75, 3.05) is 26.2 Å². The van der Waals surface area contributed by atoms with Crippen molar-refractivity contribution in [1.82, 2.24) is 16.0 Å². The van der Waals surface area contributed by atoms with Crippen molar-refractivity contribution in [2.24, 2.45) is 4.99 Å². The van der Waals surface area contributed by atoms with Gasteiger partial charge < -0.3 is 16.0 Å². The number of nitrogens with zero attached hydrogens (tertiary/aromatic N) is 1. The van der Waals surface area contributed by atoms with Gasteiger partial charge in [0, 0.05) is 31.2 Å². The Morgan fingerprint density at radius 1 is 0.963 bits per heavy atom. The summed E-state index contributed by atoms with van der Waals surface area (Å²) in [4.78, 5) is 16.7. The molecule has 0 heterocycles. The van der Waals surface area contributed by atoms with Gasteiger partial charge in [-0.15, -0.1) is 0 Å². The molecule has 3 N–H and O–H groups in total. The van der Waals surface area contributed by atoms with E-state index in [9.17, 15) is 4.79 Å². The van der Waals surface area contributed by atoms with Crippen LogP contribution in [0.25, 0.3) is 0 Å². The topological polar surface area (TPSA) is 65.5 Å². The number of benzene rings is 2. The maximum atomic E-state index is 12.1. The van der Waals surface area contributed by atoms with E-state index in [1.807, 2.05) is 31.2 Å². The number of hydrogen-bond donors (Lipinski definition) is 3. The van der Waals surface area contributed by atoms with Crippen LogP contribution in [-0.4, -0.2) is 38.0 Å². The fourth-order valence-electron chi connectivity index (χ4n) is 2.39. The molecule has 0 radical (unpaired) electrons. The summed E-state index contributed by atoms with van der Waals surface area (Å²) in [6.45, 7) is 4.45. The van der Waals surface area contributed by atoms with Gasteiger partial charge in [0.15, 0.2) is 5.96 Å². The Kier molecular flexibility index (Phi) is 8.95. The predicted molar refractivity (Wildman–Crippen MR) is 113 cm³/mol. The van der Waals surface area contributed by atoms with E-state index in [0.29, 0.717) is 30.2 Å². The van der Waals surface area contributed by atoms with Gasteiger partial charge >= 0.3 is 0 Å². The average Bonchev–Trinajstić information content (AvgIpc) is 2.67. The standard InChI is InChI=1S/C20H24Cl2N4O/c1-2-23-20(25-12-11-15-7-9-16(21)10-8-15)26-14-13-24-19(27)17-5-3-4-6-18(17)22/h3-10H,2,11-14H2,1H3,(H,24,27)(H2,23,25,26). The lowest BCUT2D eigenvalue weighted by atomic mass is 10.1. The number of aliphatic imine (C=N–C) groups is 1. The third-order valence-electron chi connectivity index (χ3n) is 3.75. The van der Waals surface area contributed by atoms with Gasteiger partial charge in [-0.1, -0.05) is 47.5 Å². The SMILES string of the molecule is CCNC(=NCCc1ccc(Cl)cc1)NCCNC(=O)c1ccccc1Cl. The molecule has 5 nitrogen and oxygen atoms in total. The molecular weight excluding hydrogens is 383 g/mol. The molecule has 0 bridgehead atoms. The summed E-state index contributed by atoms with van der Waals surface area (Å²) in [7, 11) is 0. The largest absolute Gasteiger partial charge is 0.357 e. The highest BCUT2D eigenvalue weighted by Gasteiger charge is 2.08. The second-order valence-electron chi connectivity index (χ2n) is 5.80. The average molecular weight is 407 g/mol. The normalized spacial score (nSPS) is 11.1. The minimum Gasteiger partial charge on any atom is -0.357 e. The summed E-state index contributed by atoms with van der Waals surface area (Å²) in [5, 5.41) is 10.4. The third-order valence-corrected chi connectivity index (χ3v) is 4.33. The second-order valence-corrected chi connectivity index (χ2v) is 6.64. The van der Waals surface area contributed by atoms with Crippen LogP contribution in [0.5, 0.6) is 0 Å². The van der Waals surface area contributed by atoms with Crippen LogP contribution in [0.3, 0.4) is 0 Å². The first-order valence-corrected chi connectivity index (χ1v) is 9.65. The van der Waals surface area contributed by atoms with Crippen LogP contribution in [0.15, 0.2) is 53.5 Å². The number of rotatable bonds is 8. The zero-order valence-corrected chi connectivity index (χ0v) is 16.8. The summed E-state index contributed by atoms with van der Waals surface area (Å²) in [6.07, 6.45) is 0.830. The van der Waals surface area contributed by atoms with Crippen LogP contribution in [-0.2, 0) is 6.42 Å². The van der Waals surface area contributed by atoms with Crippen molar-refractivity contribution in [2.45, 2.75) is 13.3 Å². The molecule has 0 fully saturated rings. The molecule has 27 heavy (non-hydrogen) atoms. The number of carbonyl (C=O) groups excluding carboxylic acids is 1. The maximum Gasteiger partial charge on any atom is 0.252 e. The molecule has 2 aromatic rings. The molecule has 0 aromatic heterocycles. The molecule has 2 aromatic carbocycles. The predicted octanol–water partition coefficient (Wildman–Crippen LogP) is 3.52. The van der Waals surface area contributed by atoms with E-state index in [0.717, 1.165) is 23.9 Å². The van der Waals surface area contributed by atoms with Crippen molar-refractivity contribution in [3.05, 3.63) is 69.7 Å². The molecule has 144 valence electrons. The molecule has 0 unspecified atom stereocenters. The Labute approximate surface area is 170 Å². The molecule has 0 saturated carbocycles. The first kappa shape index (κ1) is 21.1. The Balaban J connectivity index is 1.75. The highest BCUT2D eigenvalue weighted by molar-refractivity contribution is 6.33. The van der Waals surface area contributed by atoms with Gasteiger partial charge in [-0.05, 0) is 43.2 Å². The molecule has 0 aliphatic heterocycles. The Bertz CT molecular complexity index is 763. The van der Waals surface area contributed by atoms with E-state index >= 15 is 0 Å². The van der Waals surface area contributed by atoms with Crippen LogP contribution in [0.1, 0.15) is 22.8 Å². The molecule has 0 atom stereocenters. The van der Waals surface area contributed by atoms with Crippen molar-refractivity contribution in [3.63, 3.8) is 0 Å². The molecule has 0 aliphatic carbocycles. The molecular formula is C20H24Cl2N4O. The fourth-order valence-corrected chi connectivity index (χ4v) is 2.73. The van der Waals surface area contributed by atoms with Crippen molar-refractivity contribution in [3.8, 4) is 0 Å². The van der Waals surface area contributed by atoms with E-state index in [1.165, 1.54) is 5.56 Å². The number of carbonyl (C=O) groups is 1. The highest BCUT2D eigenvalue weighted by Crippen LogP contribution is 2.14. The number of nitrogens with one attached hydrogen (secondary N) is 3. The fraction of sp³-hybridized carbons (Fsp3) is 0.300. The maximum absolute atomic E-state index is 12.1. The van der Waals surface area contributed by atoms with Crippen molar-refractivity contribution >= 4 is 35.1 Å². The van der Waals surface area contributed by atoms with Crippen LogP contribution in [0, 0.1) is 0 Å². The number of amides is 1. The van der Waals surface area contributed by atoms with E-state index in [-0.39, 0.29) is 5.91 Å². The summed E-state index contributed by atoms with van der Waals surface area (Å²) < 4.78 is 0. The molecule has 2 rings (SSSR count). The van der Waals surface area contributed by atoms with E-state index in [1.54, 1.807) is 24.3 Å². The third kappa shape index (κ3) is 7.49. The van der Waals surface area contributed by atoms with E-state index in [2.05, 4.69) is 20.9 Å². The van der Waals surface area contributed by atoms with Gasteiger partial charge in [0.25, 0.3) is 5.91 Å². The molecule has 7 heteroatoms. The Morgan fingerprint density at radius 3 is 2.37 bits per heavy atom. The molecule has 0 aliphatic rings. The quantitative estimate of drug-likeness (QED) is 0.357. The summed E-state index contributed by atoms with van der Waals surface area (Å²) in [6, 6.07) is 14.8. The van der Waals surface area contributed by atoms with E-state index in [4.69, 9.17) is 23.2 Å². The molecule has 1 amide bonds. The smallest absolute Gasteiger partial charge is 0.252 e. The van der Waals surface area contributed by atoms with Crippen LogP contribution < -0.4 is 16.0 Å². The zero-order chi connectivity index (χ0) is 19.5. The Morgan fingerprint density at radius 2 is 1.67 bits per heavy atom. The van der Waals surface area contributed by atoms with Gasteiger partial charge in [0.1, 0.15) is 0 Å². The number of hydrogen-bond acceptors (Lipinski definition) is 2. The van der Waals surface area contributed by atoms with Gasteiger partial charge in [-0.3, -0.25) is 9.79 Å². The van der Waals surface area contributed by atoms with Crippen LogP contribution in [0.4, 0.5) is 0 Å². The van der Waals surface area contributed by atoms with Gasteiger partial charge in [0.05, 0.1) is 10.6 Å². The first-order chi connectivity index (χ1) is 13.1. The van der Waals surface area contributed by atoms with Crippen LogP contribution >= 0.6 is 23.2 Å². The summed E-state index contributed by atoms with van der Waals surface area (Å²) in [5.74, 6) is 0.533. The van der Waals surface area contributed by atoms with Crippen molar-refractivity contribution in [1.29, 1.82) is 0 Å².